The lowest BCUT2D eigenvalue weighted by Gasteiger charge is -2.12. The van der Waals surface area contributed by atoms with E-state index in [9.17, 15) is 0 Å². The predicted octanol–water partition coefficient (Wildman–Crippen LogP) is -1.25. The maximum Gasteiger partial charge on any atom is 0.101 e. The minimum Gasteiger partial charge on any atom is -0.396 e. The van der Waals surface area contributed by atoms with Crippen LogP contribution in [0.2, 0.25) is 0 Å². The molecule has 2 unspecified atom stereocenters. The van der Waals surface area contributed by atoms with Crippen LogP contribution in [0.1, 0.15) is 6.42 Å². The standard InChI is InChI=1S/C8H18O5/c1-12-4-8(11)6-13-5-7(10)2-3-9/h7-11H,2-6H2,1H3. The van der Waals surface area contributed by atoms with Gasteiger partial charge in [0.05, 0.1) is 25.9 Å². The van der Waals surface area contributed by atoms with E-state index < -0.39 is 12.2 Å². The Hall–Kier alpha value is -0.200. The molecule has 80 valence electrons. The molecule has 0 aliphatic rings. The van der Waals surface area contributed by atoms with Crippen LogP contribution in [0.4, 0.5) is 0 Å². The van der Waals surface area contributed by atoms with Gasteiger partial charge in [-0.25, -0.2) is 0 Å². The molecule has 0 aromatic heterocycles. The van der Waals surface area contributed by atoms with Gasteiger partial charge in [-0.05, 0) is 6.42 Å². The van der Waals surface area contributed by atoms with Gasteiger partial charge in [-0.15, -0.1) is 0 Å². The van der Waals surface area contributed by atoms with E-state index >= 15 is 0 Å². The lowest BCUT2D eigenvalue weighted by Crippen LogP contribution is -2.24. The highest BCUT2D eigenvalue weighted by Crippen LogP contribution is 1.93. The van der Waals surface area contributed by atoms with Crippen molar-refractivity contribution in [3.05, 3.63) is 0 Å². The highest BCUT2D eigenvalue weighted by atomic mass is 16.5. The minimum atomic E-state index is -0.667. The van der Waals surface area contributed by atoms with E-state index in [0.717, 1.165) is 0 Å². The van der Waals surface area contributed by atoms with Crippen LogP contribution < -0.4 is 0 Å². The Labute approximate surface area is 77.9 Å². The van der Waals surface area contributed by atoms with Gasteiger partial charge in [-0.1, -0.05) is 0 Å². The maximum atomic E-state index is 9.11. The van der Waals surface area contributed by atoms with Crippen LogP contribution in [0.15, 0.2) is 0 Å². The summed E-state index contributed by atoms with van der Waals surface area (Å²) in [6.07, 6.45) is -1.04. The van der Waals surface area contributed by atoms with Crippen LogP contribution >= 0.6 is 0 Å². The van der Waals surface area contributed by atoms with E-state index in [0.29, 0.717) is 6.42 Å². The summed E-state index contributed by atoms with van der Waals surface area (Å²) in [6, 6.07) is 0. The molecule has 0 spiro atoms. The van der Waals surface area contributed by atoms with Crippen LogP contribution in [0.5, 0.6) is 0 Å². The second-order valence-corrected chi connectivity index (χ2v) is 2.81. The number of aliphatic hydroxyl groups is 3. The van der Waals surface area contributed by atoms with E-state index in [1.807, 2.05) is 0 Å². The zero-order valence-corrected chi connectivity index (χ0v) is 7.85. The fourth-order valence-electron chi connectivity index (χ4n) is 0.813. The predicted molar refractivity (Wildman–Crippen MR) is 46.4 cm³/mol. The van der Waals surface area contributed by atoms with Gasteiger partial charge in [0.2, 0.25) is 0 Å². The first-order valence-corrected chi connectivity index (χ1v) is 4.24. The first-order chi connectivity index (χ1) is 6.20. The van der Waals surface area contributed by atoms with Crippen molar-refractivity contribution in [3.8, 4) is 0 Å². The lowest BCUT2D eigenvalue weighted by molar-refractivity contribution is -0.0350. The average molecular weight is 194 g/mol. The van der Waals surface area contributed by atoms with Crippen molar-refractivity contribution < 1.29 is 24.8 Å². The normalized spacial score (nSPS) is 15.7. The van der Waals surface area contributed by atoms with Gasteiger partial charge in [0.25, 0.3) is 0 Å². The molecule has 0 bridgehead atoms. The summed E-state index contributed by atoms with van der Waals surface area (Å²) in [7, 11) is 1.49. The number of hydrogen-bond donors (Lipinski definition) is 3. The minimum absolute atomic E-state index is 0.0643. The molecule has 0 aromatic rings. The SMILES string of the molecule is COCC(O)COCC(O)CCO. The Balaban J connectivity index is 3.23. The molecule has 13 heavy (non-hydrogen) atoms. The number of rotatable bonds is 8. The van der Waals surface area contributed by atoms with Crippen LogP contribution in [-0.2, 0) is 9.47 Å². The van der Waals surface area contributed by atoms with E-state index in [-0.39, 0.29) is 26.4 Å². The topological polar surface area (TPSA) is 79.2 Å². The Morgan fingerprint density at radius 2 is 1.69 bits per heavy atom. The molecule has 3 N–H and O–H groups in total. The van der Waals surface area contributed by atoms with Crippen LogP contribution in [-0.4, -0.2) is 61.1 Å². The highest BCUT2D eigenvalue weighted by molar-refractivity contribution is 4.55. The summed E-state index contributed by atoms with van der Waals surface area (Å²) in [4.78, 5) is 0. The zero-order chi connectivity index (χ0) is 10.1. The van der Waals surface area contributed by atoms with E-state index in [2.05, 4.69) is 4.74 Å². The summed E-state index contributed by atoms with van der Waals surface area (Å²) in [5, 5.41) is 26.6. The van der Waals surface area contributed by atoms with E-state index in [1.54, 1.807) is 0 Å². The van der Waals surface area contributed by atoms with Gasteiger partial charge in [0, 0.05) is 13.7 Å². The van der Waals surface area contributed by atoms with Crippen molar-refractivity contribution in [1.82, 2.24) is 0 Å². The molecule has 0 aliphatic carbocycles. The first-order valence-electron chi connectivity index (χ1n) is 4.24. The molecular formula is C8H18O5. The molecule has 0 radical (unpaired) electrons. The fourth-order valence-corrected chi connectivity index (χ4v) is 0.813. The quantitative estimate of drug-likeness (QED) is 0.450. The summed E-state index contributed by atoms with van der Waals surface area (Å²) < 4.78 is 9.65. The molecule has 0 heterocycles. The van der Waals surface area contributed by atoms with Gasteiger partial charge in [0.1, 0.15) is 6.10 Å². The molecule has 0 aliphatic heterocycles. The third kappa shape index (κ3) is 8.14. The average Bonchev–Trinajstić information content (AvgIpc) is 2.05. The van der Waals surface area contributed by atoms with Gasteiger partial charge < -0.3 is 24.8 Å². The van der Waals surface area contributed by atoms with Gasteiger partial charge in [-0.2, -0.15) is 0 Å². The molecule has 0 amide bonds. The zero-order valence-electron chi connectivity index (χ0n) is 7.85. The Kier molecular flexibility index (Phi) is 8.27. The van der Waals surface area contributed by atoms with Crippen molar-refractivity contribution >= 4 is 0 Å². The van der Waals surface area contributed by atoms with Crippen molar-refractivity contribution in [2.45, 2.75) is 18.6 Å². The maximum absolute atomic E-state index is 9.11. The van der Waals surface area contributed by atoms with Crippen molar-refractivity contribution in [1.29, 1.82) is 0 Å². The number of methoxy groups -OCH3 is 1. The number of hydrogen-bond acceptors (Lipinski definition) is 5. The fraction of sp³-hybridized carbons (Fsp3) is 1.00. The Bertz CT molecular complexity index is 96.7. The number of aliphatic hydroxyl groups excluding tert-OH is 3. The molecule has 0 saturated heterocycles. The van der Waals surface area contributed by atoms with E-state index in [1.165, 1.54) is 7.11 Å². The van der Waals surface area contributed by atoms with Crippen LogP contribution in [0.3, 0.4) is 0 Å². The molecule has 0 rings (SSSR count). The summed E-state index contributed by atoms with van der Waals surface area (Å²) in [5.74, 6) is 0. The highest BCUT2D eigenvalue weighted by Gasteiger charge is 2.06. The summed E-state index contributed by atoms with van der Waals surface area (Å²) in [5.41, 5.74) is 0. The summed E-state index contributed by atoms with van der Waals surface area (Å²) in [6.45, 7) is 0.416. The van der Waals surface area contributed by atoms with Gasteiger partial charge in [0.15, 0.2) is 0 Å². The summed E-state index contributed by atoms with van der Waals surface area (Å²) >= 11 is 0. The van der Waals surface area contributed by atoms with Crippen molar-refractivity contribution in [2.75, 3.05) is 33.5 Å². The van der Waals surface area contributed by atoms with Gasteiger partial charge >= 0.3 is 0 Å². The van der Waals surface area contributed by atoms with Crippen LogP contribution in [0, 0.1) is 0 Å². The lowest BCUT2D eigenvalue weighted by atomic mass is 10.3. The molecule has 5 heteroatoms. The molecular weight excluding hydrogens is 176 g/mol. The number of ether oxygens (including phenoxy) is 2. The molecule has 2 atom stereocenters. The molecule has 0 aromatic carbocycles. The molecule has 5 nitrogen and oxygen atoms in total. The van der Waals surface area contributed by atoms with Gasteiger partial charge in [-0.3, -0.25) is 0 Å². The van der Waals surface area contributed by atoms with Crippen molar-refractivity contribution in [3.63, 3.8) is 0 Å². The van der Waals surface area contributed by atoms with Crippen molar-refractivity contribution in [2.24, 2.45) is 0 Å². The smallest absolute Gasteiger partial charge is 0.101 e. The van der Waals surface area contributed by atoms with E-state index in [4.69, 9.17) is 20.1 Å². The second kappa shape index (κ2) is 8.40. The first kappa shape index (κ1) is 12.8. The third-order valence-corrected chi connectivity index (χ3v) is 1.44. The molecule has 0 saturated carbocycles. The monoisotopic (exact) mass is 194 g/mol. The largest absolute Gasteiger partial charge is 0.396 e. The molecule has 0 fully saturated rings. The van der Waals surface area contributed by atoms with Crippen LogP contribution in [0.25, 0.3) is 0 Å². The Morgan fingerprint density at radius 1 is 1.08 bits per heavy atom. The Morgan fingerprint density at radius 3 is 2.23 bits per heavy atom. The second-order valence-electron chi connectivity index (χ2n) is 2.81. The third-order valence-electron chi connectivity index (χ3n) is 1.44.